The molecule has 1 fully saturated rings. The number of nitrogens with one attached hydrogen (secondary N) is 1. The largest absolute Gasteiger partial charge is 0.488 e. The molecule has 0 amide bonds. The highest BCUT2D eigenvalue weighted by atomic mass is 35.5. The molecule has 1 aliphatic heterocycles. The van der Waals surface area contributed by atoms with Gasteiger partial charge in [0.05, 0.1) is 16.8 Å². The lowest BCUT2D eigenvalue weighted by molar-refractivity contribution is 0.167. The first kappa shape index (κ1) is 17.7. The molecule has 0 spiro atoms. The minimum Gasteiger partial charge on any atom is -0.488 e. The molecule has 0 radical (unpaired) electrons. The molecule has 1 unspecified atom stereocenters. The van der Waals surface area contributed by atoms with Crippen LogP contribution in [-0.2, 0) is 6.61 Å². The number of aromatic nitrogens is 1. The third kappa shape index (κ3) is 3.45. The average molecular weight is 389 g/mol. The Bertz CT molecular complexity index is 935. The van der Waals surface area contributed by atoms with Crippen molar-refractivity contribution in [2.45, 2.75) is 32.5 Å². The SMILES string of the molecule is Cc1cc(Cl)cc(-c2ccnc3cc(CO)sc23)c1OC1CCCNC1. The van der Waals surface area contributed by atoms with Crippen LogP contribution in [0, 0.1) is 6.92 Å². The van der Waals surface area contributed by atoms with Gasteiger partial charge in [-0.25, -0.2) is 0 Å². The first-order valence-corrected chi connectivity index (χ1v) is 10.0. The molecule has 26 heavy (non-hydrogen) atoms. The summed E-state index contributed by atoms with van der Waals surface area (Å²) >= 11 is 7.94. The van der Waals surface area contributed by atoms with E-state index in [1.807, 2.05) is 31.2 Å². The molecule has 0 saturated carbocycles. The van der Waals surface area contributed by atoms with Crippen molar-refractivity contribution >= 4 is 33.2 Å². The normalized spacial score (nSPS) is 17.6. The zero-order valence-electron chi connectivity index (χ0n) is 14.6. The fraction of sp³-hybridized carbons (Fsp3) is 0.350. The summed E-state index contributed by atoms with van der Waals surface area (Å²) in [5, 5.41) is 13.6. The smallest absolute Gasteiger partial charge is 0.130 e. The van der Waals surface area contributed by atoms with E-state index in [9.17, 15) is 5.11 Å². The van der Waals surface area contributed by atoms with Crippen LogP contribution in [0.15, 0.2) is 30.5 Å². The van der Waals surface area contributed by atoms with Gasteiger partial charge in [0.2, 0.25) is 0 Å². The maximum absolute atomic E-state index is 9.49. The molecule has 4 rings (SSSR count). The van der Waals surface area contributed by atoms with Gasteiger partial charge in [-0.1, -0.05) is 11.6 Å². The molecule has 2 aromatic heterocycles. The summed E-state index contributed by atoms with van der Waals surface area (Å²) in [6, 6.07) is 7.85. The molecule has 2 N–H and O–H groups in total. The third-order valence-electron chi connectivity index (χ3n) is 4.68. The highest BCUT2D eigenvalue weighted by Crippen LogP contribution is 2.41. The molecule has 1 atom stereocenters. The molecule has 1 saturated heterocycles. The van der Waals surface area contributed by atoms with Crippen LogP contribution in [0.4, 0.5) is 0 Å². The monoisotopic (exact) mass is 388 g/mol. The quantitative estimate of drug-likeness (QED) is 0.688. The van der Waals surface area contributed by atoms with Crippen molar-refractivity contribution in [3.05, 3.63) is 45.9 Å². The lowest BCUT2D eigenvalue weighted by Crippen LogP contribution is -2.37. The van der Waals surface area contributed by atoms with Crippen molar-refractivity contribution in [3.63, 3.8) is 0 Å². The molecule has 0 bridgehead atoms. The van der Waals surface area contributed by atoms with Gasteiger partial charge in [0, 0.05) is 33.8 Å². The zero-order chi connectivity index (χ0) is 18.1. The molecule has 136 valence electrons. The van der Waals surface area contributed by atoms with E-state index in [1.54, 1.807) is 17.5 Å². The molecule has 1 aliphatic rings. The number of hydrogen-bond donors (Lipinski definition) is 2. The Hall–Kier alpha value is -1.66. The number of thiophene rings is 1. The number of hydrogen-bond acceptors (Lipinski definition) is 5. The van der Waals surface area contributed by atoms with Crippen molar-refractivity contribution in [3.8, 4) is 16.9 Å². The summed E-state index contributed by atoms with van der Waals surface area (Å²) in [5.41, 5.74) is 3.95. The van der Waals surface area contributed by atoms with Crippen molar-refractivity contribution in [2.75, 3.05) is 13.1 Å². The lowest BCUT2D eigenvalue weighted by atomic mass is 10.0. The van der Waals surface area contributed by atoms with Gasteiger partial charge < -0.3 is 15.2 Å². The van der Waals surface area contributed by atoms with Crippen molar-refractivity contribution in [1.29, 1.82) is 0 Å². The molecular formula is C20H21ClN2O2S. The van der Waals surface area contributed by atoms with E-state index in [-0.39, 0.29) is 12.7 Å². The van der Waals surface area contributed by atoms with Gasteiger partial charge >= 0.3 is 0 Å². The minimum absolute atomic E-state index is 0.0200. The highest BCUT2D eigenvalue weighted by molar-refractivity contribution is 7.19. The highest BCUT2D eigenvalue weighted by Gasteiger charge is 2.20. The Kier molecular flexibility index (Phi) is 5.14. The summed E-state index contributed by atoms with van der Waals surface area (Å²) in [6.45, 7) is 3.97. The molecule has 4 nitrogen and oxygen atoms in total. The van der Waals surface area contributed by atoms with Gasteiger partial charge in [-0.3, -0.25) is 4.98 Å². The second-order valence-electron chi connectivity index (χ2n) is 6.63. The Labute approximate surface area is 161 Å². The molecule has 3 heterocycles. The van der Waals surface area contributed by atoms with Gasteiger partial charge in [0.25, 0.3) is 0 Å². The van der Waals surface area contributed by atoms with Gasteiger partial charge in [-0.05, 0) is 56.1 Å². The van der Waals surface area contributed by atoms with Crippen LogP contribution in [-0.4, -0.2) is 29.3 Å². The maximum atomic E-state index is 9.49. The van der Waals surface area contributed by atoms with Crippen LogP contribution in [0.5, 0.6) is 5.75 Å². The van der Waals surface area contributed by atoms with Gasteiger partial charge in [0.1, 0.15) is 11.9 Å². The van der Waals surface area contributed by atoms with Gasteiger partial charge in [-0.2, -0.15) is 0 Å². The molecule has 6 heteroatoms. The second-order valence-corrected chi connectivity index (χ2v) is 8.20. The predicted octanol–water partition coefficient (Wildman–Crippen LogP) is 4.55. The molecule has 1 aromatic carbocycles. The Morgan fingerprint density at radius 2 is 2.23 bits per heavy atom. The van der Waals surface area contributed by atoms with Crippen LogP contribution in [0.1, 0.15) is 23.3 Å². The first-order chi connectivity index (χ1) is 12.7. The number of piperidine rings is 1. The van der Waals surface area contributed by atoms with Gasteiger partial charge in [-0.15, -0.1) is 11.3 Å². The Morgan fingerprint density at radius 3 is 3.00 bits per heavy atom. The summed E-state index contributed by atoms with van der Waals surface area (Å²) in [6.07, 6.45) is 4.13. The van der Waals surface area contributed by atoms with E-state index in [0.29, 0.717) is 5.02 Å². The van der Waals surface area contributed by atoms with Crippen molar-refractivity contribution in [1.82, 2.24) is 10.3 Å². The Balaban J connectivity index is 1.84. The number of rotatable bonds is 4. The summed E-state index contributed by atoms with van der Waals surface area (Å²) in [4.78, 5) is 5.34. The standard InChI is InChI=1S/C20H21ClN2O2S/c1-12-7-13(21)8-17(19(12)25-14-3-2-5-22-10-14)16-4-6-23-18-9-15(11-24)26-20(16)18/h4,6-9,14,22,24H,2-3,5,10-11H2,1H3. The molecular weight excluding hydrogens is 368 g/mol. The number of halogens is 1. The summed E-state index contributed by atoms with van der Waals surface area (Å²) in [7, 11) is 0. The fourth-order valence-corrected chi connectivity index (χ4v) is 4.73. The fourth-order valence-electron chi connectivity index (χ4n) is 3.45. The van der Waals surface area contributed by atoms with Crippen LogP contribution in [0.2, 0.25) is 5.02 Å². The topological polar surface area (TPSA) is 54.4 Å². The third-order valence-corrected chi connectivity index (χ3v) is 6.05. The maximum Gasteiger partial charge on any atom is 0.130 e. The Morgan fingerprint density at radius 1 is 1.35 bits per heavy atom. The number of nitrogens with zero attached hydrogens (tertiary/aromatic N) is 1. The van der Waals surface area contributed by atoms with Crippen LogP contribution < -0.4 is 10.1 Å². The van der Waals surface area contributed by atoms with E-state index in [1.165, 1.54) is 0 Å². The zero-order valence-corrected chi connectivity index (χ0v) is 16.2. The first-order valence-electron chi connectivity index (χ1n) is 8.82. The number of benzene rings is 1. The summed E-state index contributed by atoms with van der Waals surface area (Å²) in [5.74, 6) is 0.884. The average Bonchev–Trinajstić information content (AvgIpc) is 3.08. The van der Waals surface area contributed by atoms with Crippen LogP contribution in [0.25, 0.3) is 21.3 Å². The number of aliphatic hydroxyl groups is 1. The number of aryl methyl sites for hydroxylation is 1. The van der Waals surface area contributed by atoms with Crippen LogP contribution >= 0.6 is 22.9 Å². The van der Waals surface area contributed by atoms with E-state index in [4.69, 9.17) is 16.3 Å². The number of ether oxygens (including phenoxy) is 1. The van der Waals surface area contributed by atoms with E-state index in [2.05, 4.69) is 10.3 Å². The summed E-state index contributed by atoms with van der Waals surface area (Å²) < 4.78 is 7.47. The van der Waals surface area contributed by atoms with E-state index >= 15 is 0 Å². The number of aliphatic hydroxyl groups excluding tert-OH is 1. The second kappa shape index (κ2) is 7.53. The van der Waals surface area contributed by atoms with E-state index in [0.717, 1.165) is 63.5 Å². The van der Waals surface area contributed by atoms with Gasteiger partial charge in [0.15, 0.2) is 0 Å². The lowest BCUT2D eigenvalue weighted by Gasteiger charge is -2.26. The van der Waals surface area contributed by atoms with Crippen LogP contribution in [0.3, 0.4) is 0 Å². The van der Waals surface area contributed by atoms with Crippen molar-refractivity contribution in [2.24, 2.45) is 0 Å². The molecule has 0 aliphatic carbocycles. The number of pyridine rings is 1. The number of fused-ring (bicyclic) bond motifs is 1. The van der Waals surface area contributed by atoms with Crippen molar-refractivity contribution < 1.29 is 9.84 Å². The predicted molar refractivity (Wildman–Crippen MR) is 107 cm³/mol. The van der Waals surface area contributed by atoms with E-state index < -0.39 is 0 Å². The minimum atomic E-state index is 0.0200. The molecule has 3 aromatic rings.